The number of benzene rings is 2. The van der Waals surface area contributed by atoms with Gasteiger partial charge in [-0.15, -0.1) is 0 Å². The molecule has 3 aromatic heterocycles. The minimum absolute atomic E-state index is 0.290. The highest BCUT2D eigenvalue weighted by molar-refractivity contribution is 6.05. The SMILES string of the molecule is CCn1cc(NC(=O)c2cnc3nc(C(O)(c4ccccc4)c4ccccc4)n(CC)c3c2)cn1. The Kier molecular flexibility index (Phi) is 5.88. The molecule has 176 valence electrons. The van der Waals surface area contributed by atoms with Crippen LogP contribution in [0.15, 0.2) is 85.3 Å². The fourth-order valence-corrected chi connectivity index (χ4v) is 4.31. The van der Waals surface area contributed by atoms with Gasteiger partial charge in [-0.25, -0.2) is 9.97 Å². The number of fused-ring (bicyclic) bond motifs is 1. The number of nitrogens with zero attached hydrogens (tertiary/aromatic N) is 5. The summed E-state index contributed by atoms with van der Waals surface area (Å²) in [6.45, 7) is 5.20. The van der Waals surface area contributed by atoms with Gasteiger partial charge in [-0.1, -0.05) is 60.7 Å². The lowest BCUT2D eigenvalue weighted by atomic mass is 9.85. The average Bonchev–Trinajstić information content (AvgIpc) is 3.53. The van der Waals surface area contributed by atoms with Gasteiger partial charge in [0.25, 0.3) is 5.91 Å². The summed E-state index contributed by atoms with van der Waals surface area (Å²) in [5.74, 6) is 0.156. The number of imidazole rings is 1. The molecule has 0 unspecified atom stereocenters. The van der Waals surface area contributed by atoms with Gasteiger partial charge in [0.15, 0.2) is 17.1 Å². The van der Waals surface area contributed by atoms with Gasteiger partial charge in [0.05, 0.1) is 23.0 Å². The summed E-state index contributed by atoms with van der Waals surface area (Å²) >= 11 is 0. The van der Waals surface area contributed by atoms with E-state index in [0.29, 0.717) is 52.5 Å². The van der Waals surface area contributed by atoms with Crippen LogP contribution in [0.4, 0.5) is 5.69 Å². The van der Waals surface area contributed by atoms with Crippen LogP contribution in [-0.2, 0) is 18.7 Å². The van der Waals surface area contributed by atoms with Crippen LogP contribution in [0.1, 0.15) is 41.2 Å². The van der Waals surface area contributed by atoms with Gasteiger partial charge in [0, 0.05) is 25.5 Å². The molecule has 1 amide bonds. The lowest BCUT2D eigenvalue weighted by molar-refractivity contribution is 0.102. The topological polar surface area (TPSA) is 97.9 Å². The molecule has 0 saturated carbocycles. The van der Waals surface area contributed by atoms with Crippen molar-refractivity contribution in [2.24, 2.45) is 0 Å². The van der Waals surface area contributed by atoms with Gasteiger partial charge in [0.2, 0.25) is 0 Å². The van der Waals surface area contributed by atoms with Crippen molar-refractivity contribution >= 4 is 22.8 Å². The molecule has 0 atom stereocenters. The zero-order chi connectivity index (χ0) is 24.4. The number of aromatic nitrogens is 5. The van der Waals surface area contributed by atoms with Crippen LogP contribution in [-0.4, -0.2) is 35.3 Å². The van der Waals surface area contributed by atoms with Gasteiger partial charge >= 0.3 is 0 Å². The summed E-state index contributed by atoms with van der Waals surface area (Å²) in [5.41, 5.74) is 2.03. The van der Waals surface area contributed by atoms with Crippen molar-refractivity contribution in [2.45, 2.75) is 32.5 Å². The number of aryl methyl sites for hydroxylation is 2. The van der Waals surface area contributed by atoms with E-state index < -0.39 is 5.60 Å². The molecule has 0 radical (unpaired) electrons. The molecule has 2 N–H and O–H groups in total. The number of aliphatic hydroxyl groups is 1. The van der Waals surface area contributed by atoms with E-state index in [4.69, 9.17) is 4.98 Å². The number of nitrogens with one attached hydrogen (secondary N) is 1. The van der Waals surface area contributed by atoms with Gasteiger partial charge in [0.1, 0.15) is 0 Å². The summed E-state index contributed by atoms with van der Waals surface area (Å²) in [5, 5.41) is 19.3. The molecule has 2 aromatic carbocycles. The Labute approximate surface area is 202 Å². The average molecular weight is 467 g/mol. The molecular weight excluding hydrogens is 440 g/mol. The minimum Gasteiger partial charge on any atom is -0.373 e. The fraction of sp³-hybridized carbons (Fsp3) is 0.185. The Bertz CT molecular complexity index is 1430. The van der Waals surface area contributed by atoms with Crippen molar-refractivity contribution in [2.75, 3.05) is 5.32 Å². The molecule has 0 aliphatic rings. The van der Waals surface area contributed by atoms with Crippen LogP contribution in [0.25, 0.3) is 11.2 Å². The van der Waals surface area contributed by atoms with E-state index in [1.165, 1.54) is 6.20 Å². The molecule has 5 rings (SSSR count). The maximum Gasteiger partial charge on any atom is 0.257 e. The van der Waals surface area contributed by atoms with E-state index in [1.807, 2.05) is 79.1 Å². The molecule has 3 heterocycles. The van der Waals surface area contributed by atoms with Gasteiger partial charge in [-0.05, 0) is 31.0 Å². The fourth-order valence-electron chi connectivity index (χ4n) is 4.31. The van der Waals surface area contributed by atoms with Crippen LogP contribution in [0, 0.1) is 0 Å². The highest BCUT2D eigenvalue weighted by Gasteiger charge is 2.39. The zero-order valence-electron chi connectivity index (χ0n) is 19.6. The number of hydrogen-bond donors (Lipinski definition) is 2. The van der Waals surface area contributed by atoms with Gasteiger partial charge < -0.3 is 15.0 Å². The molecule has 0 spiro atoms. The Morgan fingerprint density at radius 1 is 0.971 bits per heavy atom. The predicted octanol–water partition coefficient (Wildman–Crippen LogP) is 4.20. The van der Waals surface area contributed by atoms with Gasteiger partial charge in [-0.3, -0.25) is 9.48 Å². The second-order valence-electron chi connectivity index (χ2n) is 8.23. The number of hydrogen-bond acceptors (Lipinski definition) is 5. The number of pyridine rings is 1. The molecule has 5 aromatic rings. The summed E-state index contributed by atoms with van der Waals surface area (Å²) in [6, 6.07) is 20.7. The van der Waals surface area contributed by atoms with Crippen molar-refractivity contribution in [3.05, 3.63) is 108 Å². The smallest absolute Gasteiger partial charge is 0.257 e. The molecular formula is C27H26N6O2. The Morgan fingerprint density at radius 2 is 1.63 bits per heavy atom. The van der Waals surface area contributed by atoms with Crippen molar-refractivity contribution in [3.8, 4) is 0 Å². The molecule has 0 aliphatic carbocycles. The number of amides is 1. The normalized spacial score (nSPS) is 11.6. The zero-order valence-corrected chi connectivity index (χ0v) is 19.6. The van der Waals surface area contributed by atoms with E-state index in [9.17, 15) is 9.90 Å². The third-order valence-corrected chi connectivity index (χ3v) is 6.11. The molecule has 0 fully saturated rings. The lowest BCUT2D eigenvalue weighted by Crippen LogP contribution is -2.32. The summed E-state index contributed by atoms with van der Waals surface area (Å²) in [7, 11) is 0. The predicted molar refractivity (Wildman–Crippen MR) is 134 cm³/mol. The third-order valence-electron chi connectivity index (χ3n) is 6.11. The largest absolute Gasteiger partial charge is 0.373 e. The van der Waals surface area contributed by atoms with E-state index in [0.717, 1.165) is 0 Å². The third kappa shape index (κ3) is 3.98. The Morgan fingerprint density at radius 3 is 2.20 bits per heavy atom. The van der Waals surface area contributed by atoms with Crippen LogP contribution >= 0.6 is 0 Å². The Hall–Kier alpha value is -4.30. The van der Waals surface area contributed by atoms with E-state index in [1.54, 1.807) is 23.1 Å². The number of rotatable bonds is 7. The van der Waals surface area contributed by atoms with E-state index >= 15 is 0 Å². The van der Waals surface area contributed by atoms with Gasteiger partial charge in [-0.2, -0.15) is 5.10 Å². The number of carbonyl (C=O) groups is 1. The first-order valence-corrected chi connectivity index (χ1v) is 11.6. The second kappa shape index (κ2) is 9.15. The first-order chi connectivity index (χ1) is 17.0. The quantitative estimate of drug-likeness (QED) is 0.375. The summed E-state index contributed by atoms with van der Waals surface area (Å²) in [6.07, 6.45) is 4.89. The first kappa shape index (κ1) is 22.5. The lowest BCUT2D eigenvalue weighted by Gasteiger charge is -2.29. The van der Waals surface area contributed by atoms with Crippen molar-refractivity contribution in [1.29, 1.82) is 0 Å². The second-order valence-corrected chi connectivity index (χ2v) is 8.23. The maximum atomic E-state index is 12.9. The molecule has 8 nitrogen and oxygen atoms in total. The molecule has 35 heavy (non-hydrogen) atoms. The summed E-state index contributed by atoms with van der Waals surface area (Å²) in [4.78, 5) is 22.2. The summed E-state index contributed by atoms with van der Waals surface area (Å²) < 4.78 is 3.65. The molecule has 8 heteroatoms. The van der Waals surface area contributed by atoms with Crippen molar-refractivity contribution < 1.29 is 9.90 Å². The minimum atomic E-state index is -1.50. The van der Waals surface area contributed by atoms with E-state index in [-0.39, 0.29) is 5.91 Å². The Balaban J connectivity index is 1.62. The highest BCUT2D eigenvalue weighted by Crippen LogP contribution is 2.37. The van der Waals surface area contributed by atoms with Crippen molar-refractivity contribution in [3.63, 3.8) is 0 Å². The number of carbonyl (C=O) groups excluding carboxylic acids is 1. The number of anilines is 1. The first-order valence-electron chi connectivity index (χ1n) is 11.6. The van der Waals surface area contributed by atoms with Crippen LogP contribution in [0.3, 0.4) is 0 Å². The van der Waals surface area contributed by atoms with Crippen LogP contribution < -0.4 is 5.32 Å². The van der Waals surface area contributed by atoms with E-state index in [2.05, 4.69) is 15.4 Å². The van der Waals surface area contributed by atoms with Crippen LogP contribution in [0.5, 0.6) is 0 Å². The molecule has 0 saturated heterocycles. The van der Waals surface area contributed by atoms with Crippen molar-refractivity contribution in [1.82, 2.24) is 24.3 Å². The molecule has 0 bridgehead atoms. The highest BCUT2D eigenvalue weighted by atomic mass is 16.3. The maximum absolute atomic E-state index is 12.9. The standard InChI is InChI=1S/C27H26N6O2/c1-3-32-18-22(17-29-32)30-25(34)19-15-23-24(28-16-19)31-26(33(23)4-2)27(35,20-11-7-5-8-12-20)21-13-9-6-10-14-21/h5-18,35H,3-4H2,1-2H3,(H,30,34). The van der Waals surface area contributed by atoms with Crippen LogP contribution in [0.2, 0.25) is 0 Å². The molecule has 0 aliphatic heterocycles. The monoisotopic (exact) mass is 466 g/mol.